The van der Waals surface area contributed by atoms with Crippen molar-refractivity contribution in [3.05, 3.63) is 54.6 Å². The summed E-state index contributed by atoms with van der Waals surface area (Å²) in [6.45, 7) is 4.35. The van der Waals surface area contributed by atoms with Gasteiger partial charge in [0.15, 0.2) is 6.54 Å². The lowest BCUT2D eigenvalue weighted by Crippen LogP contribution is -3.16. The van der Waals surface area contributed by atoms with Crippen LogP contribution in [-0.4, -0.2) is 49.8 Å². The number of carbonyl (C=O) groups is 1. The number of amides is 1. The van der Waals surface area contributed by atoms with Gasteiger partial charge in [0.25, 0.3) is 5.91 Å². The summed E-state index contributed by atoms with van der Waals surface area (Å²) < 4.78 is 0. The van der Waals surface area contributed by atoms with Crippen molar-refractivity contribution in [3.8, 4) is 5.75 Å². The Balaban J connectivity index is 1.38. The van der Waals surface area contributed by atoms with Crippen LogP contribution in [0.4, 0.5) is 11.4 Å². The minimum Gasteiger partial charge on any atom is -0.508 e. The van der Waals surface area contributed by atoms with Gasteiger partial charge in [0.2, 0.25) is 0 Å². The van der Waals surface area contributed by atoms with Crippen LogP contribution in [0.25, 0.3) is 0 Å². The largest absolute Gasteiger partial charge is 0.508 e. The summed E-state index contributed by atoms with van der Waals surface area (Å²) in [6, 6.07) is 18.0. The van der Waals surface area contributed by atoms with E-state index in [0.717, 1.165) is 50.4 Å². The number of hydrogen-bond donors (Lipinski definition) is 2. The number of para-hydroxylation sites is 1. The highest BCUT2D eigenvalue weighted by atomic mass is 16.3. The van der Waals surface area contributed by atoms with Gasteiger partial charge in [0.05, 0.1) is 26.2 Å². The molecule has 2 N–H and O–H groups in total. The molecule has 29 heavy (non-hydrogen) atoms. The molecule has 4 rings (SSSR count). The van der Waals surface area contributed by atoms with Crippen molar-refractivity contribution in [1.82, 2.24) is 0 Å². The van der Waals surface area contributed by atoms with Gasteiger partial charge in [-0.25, -0.2) is 0 Å². The summed E-state index contributed by atoms with van der Waals surface area (Å²) in [6.07, 6.45) is 5.96. The first-order chi connectivity index (χ1) is 14.2. The van der Waals surface area contributed by atoms with Crippen LogP contribution >= 0.6 is 0 Å². The van der Waals surface area contributed by atoms with E-state index in [0.29, 0.717) is 18.3 Å². The molecule has 0 atom stereocenters. The van der Waals surface area contributed by atoms with Crippen molar-refractivity contribution in [3.63, 3.8) is 0 Å². The van der Waals surface area contributed by atoms with Gasteiger partial charge >= 0.3 is 0 Å². The molecule has 0 bridgehead atoms. The van der Waals surface area contributed by atoms with E-state index in [1.807, 2.05) is 30.3 Å². The maximum atomic E-state index is 13.4. The van der Waals surface area contributed by atoms with E-state index >= 15 is 0 Å². The molecule has 0 aromatic heterocycles. The lowest BCUT2D eigenvalue weighted by Gasteiger charge is -2.37. The van der Waals surface area contributed by atoms with Crippen LogP contribution in [0.1, 0.15) is 32.1 Å². The fourth-order valence-corrected chi connectivity index (χ4v) is 4.71. The number of hydrogen-bond acceptors (Lipinski definition) is 3. The molecule has 2 fully saturated rings. The molecular weight excluding hydrogens is 362 g/mol. The molecule has 1 saturated carbocycles. The number of carbonyl (C=O) groups excluding carboxylic acids is 1. The third-order valence-corrected chi connectivity index (χ3v) is 6.33. The lowest BCUT2D eigenvalue weighted by molar-refractivity contribution is -0.892. The fraction of sp³-hybridized carbons (Fsp3) is 0.458. The van der Waals surface area contributed by atoms with E-state index in [4.69, 9.17) is 0 Å². The van der Waals surface area contributed by atoms with E-state index in [2.05, 4.69) is 21.9 Å². The Morgan fingerprint density at radius 2 is 1.62 bits per heavy atom. The van der Waals surface area contributed by atoms with Crippen LogP contribution in [0, 0.1) is 0 Å². The molecule has 0 unspecified atom stereocenters. The number of quaternary nitrogens is 1. The van der Waals surface area contributed by atoms with Crippen LogP contribution < -0.4 is 14.7 Å². The zero-order valence-corrected chi connectivity index (χ0v) is 17.1. The number of anilines is 2. The van der Waals surface area contributed by atoms with Crippen LogP contribution in [0.3, 0.4) is 0 Å². The second-order valence-electron chi connectivity index (χ2n) is 8.32. The molecule has 0 radical (unpaired) electrons. The molecule has 1 heterocycles. The van der Waals surface area contributed by atoms with Crippen LogP contribution in [0.15, 0.2) is 54.6 Å². The summed E-state index contributed by atoms with van der Waals surface area (Å²) in [5.41, 5.74) is 2.19. The van der Waals surface area contributed by atoms with E-state index in [1.165, 1.54) is 24.2 Å². The fourth-order valence-electron chi connectivity index (χ4n) is 4.71. The minimum absolute atomic E-state index is 0.260. The average molecular weight is 395 g/mol. The summed E-state index contributed by atoms with van der Waals surface area (Å²) in [7, 11) is 0. The average Bonchev–Trinajstić information content (AvgIpc) is 2.77. The van der Waals surface area contributed by atoms with Gasteiger partial charge in [-0.05, 0) is 49.2 Å². The number of rotatable bonds is 5. The number of phenols is 1. The zero-order chi connectivity index (χ0) is 20.1. The predicted molar refractivity (Wildman–Crippen MR) is 117 cm³/mol. The number of nitrogens with one attached hydrogen (secondary N) is 1. The molecule has 2 aromatic carbocycles. The summed E-state index contributed by atoms with van der Waals surface area (Å²) in [4.78, 5) is 19.2. The summed E-state index contributed by atoms with van der Waals surface area (Å²) in [5.74, 6) is 0.559. The predicted octanol–water partition coefficient (Wildman–Crippen LogP) is 2.46. The van der Waals surface area contributed by atoms with Gasteiger partial charge in [-0.15, -0.1) is 0 Å². The van der Waals surface area contributed by atoms with E-state index < -0.39 is 0 Å². The topological polar surface area (TPSA) is 48.2 Å². The smallest absolute Gasteiger partial charge is 0.282 e. The third kappa shape index (κ3) is 4.91. The SMILES string of the molecule is O=C(C[NH+]1CCN(c2ccc(O)cc2)CC1)N(c1ccccc1)C1CCCCC1. The van der Waals surface area contributed by atoms with Crippen molar-refractivity contribution < 1.29 is 14.8 Å². The number of phenolic OH excluding ortho intramolecular Hbond substituents is 1. The highest BCUT2D eigenvalue weighted by Gasteiger charge is 2.30. The molecular formula is C24H32N3O2+. The minimum atomic E-state index is 0.260. The highest BCUT2D eigenvalue weighted by Crippen LogP contribution is 2.27. The Hall–Kier alpha value is -2.53. The Morgan fingerprint density at radius 3 is 2.28 bits per heavy atom. The number of aromatic hydroxyl groups is 1. The highest BCUT2D eigenvalue weighted by molar-refractivity contribution is 5.94. The first-order valence-corrected chi connectivity index (χ1v) is 11.0. The Bertz CT molecular complexity index is 780. The second-order valence-corrected chi connectivity index (χ2v) is 8.32. The molecule has 1 amide bonds. The Kier molecular flexibility index (Phi) is 6.35. The first kappa shape index (κ1) is 19.8. The maximum absolute atomic E-state index is 13.4. The molecule has 1 aliphatic heterocycles. The molecule has 1 aliphatic carbocycles. The molecule has 0 spiro atoms. The Labute approximate surface area is 173 Å². The van der Waals surface area contributed by atoms with Crippen LogP contribution in [-0.2, 0) is 4.79 Å². The molecule has 2 aromatic rings. The summed E-state index contributed by atoms with van der Waals surface area (Å²) >= 11 is 0. The molecule has 5 heteroatoms. The van der Waals surface area contributed by atoms with Crippen molar-refractivity contribution in [2.75, 3.05) is 42.5 Å². The van der Waals surface area contributed by atoms with Gasteiger partial charge in [-0.1, -0.05) is 37.5 Å². The van der Waals surface area contributed by atoms with Crippen molar-refractivity contribution in [1.29, 1.82) is 0 Å². The normalized spacial score (nSPS) is 18.6. The maximum Gasteiger partial charge on any atom is 0.282 e. The van der Waals surface area contributed by atoms with Crippen LogP contribution in [0.5, 0.6) is 5.75 Å². The van der Waals surface area contributed by atoms with Gasteiger partial charge < -0.3 is 19.8 Å². The van der Waals surface area contributed by atoms with Crippen molar-refractivity contribution in [2.45, 2.75) is 38.1 Å². The Morgan fingerprint density at radius 1 is 0.966 bits per heavy atom. The number of nitrogens with zero attached hydrogens (tertiary/aromatic N) is 2. The molecule has 2 aliphatic rings. The number of benzene rings is 2. The van der Waals surface area contributed by atoms with Crippen molar-refractivity contribution in [2.24, 2.45) is 0 Å². The van der Waals surface area contributed by atoms with E-state index in [-0.39, 0.29) is 5.91 Å². The van der Waals surface area contributed by atoms with E-state index in [9.17, 15) is 9.90 Å². The molecule has 1 saturated heterocycles. The monoisotopic (exact) mass is 394 g/mol. The van der Waals surface area contributed by atoms with Gasteiger partial charge in [-0.3, -0.25) is 4.79 Å². The van der Waals surface area contributed by atoms with Gasteiger partial charge in [0, 0.05) is 17.4 Å². The standard InChI is InChI=1S/C24H31N3O2/c28-23-13-11-20(12-14-23)26-17-15-25(16-18-26)19-24(29)27(21-7-3-1-4-8-21)22-9-5-2-6-10-22/h1,3-4,7-8,11-14,22,28H,2,5-6,9-10,15-19H2/p+1. The number of piperazine rings is 1. The van der Waals surface area contributed by atoms with Crippen molar-refractivity contribution >= 4 is 17.3 Å². The zero-order valence-electron chi connectivity index (χ0n) is 17.1. The van der Waals surface area contributed by atoms with Gasteiger partial charge in [0.1, 0.15) is 5.75 Å². The van der Waals surface area contributed by atoms with Gasteiger partial charge in [-0.2, -0.15) is 0 Å². The van der Waals surface area contributed by atoms with E-state index in [1.54, 1.807) is 12.1 Å². The third-order valence-electron chi connectivity index (χ3n) is 6.33. The van der Waals surface area contributed by atoms with Crippen LogP contribution in [0.2, 0.25) is 0 Å². The summed E-state index contributed by atoms with van der Waals surface area (Å²) in [5, 5.41) is 9.48. The first-order valence-electron chi connectivity index (χ1n) is 11.0. The molecule has 5 nitrogen and oxygen atoms in total. The lowest BCUT2D eigenvalue weighted by atomic mass is 9.93. The second kappa shape index (κ2) is 9.31. The molecule has 154 valence electrons. The quantitative estimate of drug-likeness (QED) is 0.819.